The normalized spacial score (nSPS) is 19.6. The zero-order valence-corrected chi connectivity index (χ0v) is 19.1. The summed E-state index contributed by atoms with van der Waals surface area (Å²) in [4.78, 5) is 37.1. The van der Waals surface area contributed by atoms with Crippen molar-refractivity contribution in [3.05, 3.63) is 11.7 Å². The minimum Gasteiger partial charge on any atom is -0.393 e. The fourth-order valence-corrected chi connectivity index (χ4v) is 4.58. The highest BCUT2D eigenvalue weighted by Crippen LogP contribution is 2.31. The molecule has 34 heavy (non-hydrogen) atoms. The molecule has 0 radical (unpaired) electrons. The van der Waals surface area contributed by atoms with Gasteiger partial charge >= 0.3 is 18.1 Å². The highest BCUT2D eigenvalue weighted by Gasteiger charge is 2.43. The summed E-state index contributed by atoms with van der Waals surface area (Å²) in [5, 5.41) is 13.6. The third-order valence-electron chi connectivity index (χ3n) is 6.50. The molecule has 0 unspecified atom stereocenters. The minimum atomic E-state index is -5.26. The third-order valence-corrected chi connectivity index (χ3v) is 6.50. The lowest BCUT2D eigenvalue weighted by molar-refractivity contribution is -0.286. The number of aliphatic hydroxyl groups excluding tert-OH is 1. The van der Waals surface area contributed by atoms with Crippen LogP contribution in [0.25, 0.3) is 0 Å². The second kappa shape index (κ2) is 12.5. The topological polar surface area (TPSA) is 115 Å². The van der Waals surface area contributed by atoms with Crippen LogP contribution in [0.4, 0.5) is 13.2 Å². The second-order valence-corrected chi connectivity index (χ2v) is 9.22. The first-order valence-electron chi connectivity index (χ1n) is 11.9. The number of rotatable bonds is 9. The van der Waals surface area contributed by atoms with Crippen LogP contribution in [0.2, 0.25) is 0 Å². The van der Waals surface area contributed by atoms with E-state index in [9.17, 15) is 27.9 Å². The Balaban J connectivity index is 1.57. The van der Waals surface area contributed by atoms with E-state index in [-0.39, 0.29) is 18.4 Å². The molecule has 0 aromatic carbocycles. The summed E-state index contributed by atoms with van der Waals surface area (Å²) in [5.41, 5.74) is 0. The lowest BCUT2D eigenvalue weighted by atomic mass is 9.84. The molecule has 1 N–H and O–H groups in total. The molecule has 1 saturated carbocycles. The number of halogens is 3. The Morgan fingerprint density at radius 2 is 1.82 bits per heavy atom. The van der Waals surface area contributed by atoms with Crippen molar-refractivity contribution >= 4 is 11.9 Å². The first kappa shape index (κ1) is 26.4. The molecule has 2 fully saturated rings. The summed E-state index contributed by atoms with van der Waals surface area (Å²) in [6, 6.07) is 0. The Kier molecular flexibility index (Phi) is 9.69. The molecule has 0 bridgehead atoms. The summed E-state index contributed by atoms with van der Waals surface area (Å²) in [6.07, 6.45) is 3.72. The number of aromatic nitrogens is 2. The number of alkyl halides is 3. The summed E-state index contributed by atoms with van der Waals surface area (Å²) in [5.74, 6) is -3.02. The molecule has 0 spiro atoms. The summed E-state index contributed by atoms with van der Waals surface area (Å²) in [7, 11) is 0. The number of piperidine rings is 1. The molecule has 1 aliphatic heterocycles. The lowest BCUT2D eigenvalue weighted by Crippen LogP contribution is -2.35. The molecule has 1 aromatic heterocycles. The molecular formula is C22H32F3N3O6. The van der Waals surface area contributed by atoms with Gasteiger partial charge in [0.2, 0.25) is 5.89 Å². The van der Waals surface area contributed by atoms with Gasteiger partial charge in [-0.15, -0.1) is 0 Å². The Hall–Kier alpha value is -2.21. The SMILES string of the molecule is O=C(C[C@@H](CCCC1CCCCC1)c1nc(CN2CCC(O)CC2)no1)OOC(=O)C(F)(F)F. The summed E-state index contributed by atoms with van der Waals surface area (Å²) < 4.78 is 42.2. The Morgan fingerprint density at radius 1 is 1.12 bits per heavy atom. The smallest absolute Gasteiger partial charge is 0.393 e. The Labute approximate surface area is 195 Å². The number of nitrogens with zero attached hydrogens (tertiary/aromatic N) is 3. The van der Waals surface area contributed by atoms with Crippen molar-refractivity contribution in [1.29, 1.82) is 0 Å². The second-order valence-electron chi connectivity index (χ2n) is 9.22. The van der Waals surface area contributed by atoms with Gasteiger partial charge < -0.3 is 9.63 Å². The van der Waals surface area contributed by atoms with Crippen LogP contribution in [0, 0.1) is 5.92 Å². The number of carbonyl (C=O) groups is 2. The van der Waals surface area contributed by atoms with Gasteiger partial charge in [0.05, 0.1) is 19.1 Å². The van der Waals surface area contributed by atoms with Crippen LogP contribution in [0.5, 0.6) is 0 Å². The van der Waals surface area contributed by atoms with Crippen molar-refractivity contribution in [2.24, 2.45) is 5.92 Å². The molecule has 1 saturated heterocycles. The van der Waals surface area contributed by atoms with Gasteiger partial charge in [-0.3, -0.25) is 4.90 Å². The van der Waals surface area contributed by atoms with Gasteiger partial charge in [-0.2, -0.15) is 18.2 Å². The maximum Gasteiger partial charge on any atom is 0.495 e. The van der Waals surface area contributed by atoms with Crippen molar-refractivity contribution in [3.63, 3.8) is 0 Å². The molecule has 192 valence electrons. The van der Waals surface area contributed by atoms with Gasteiger partial charge in [0.25, 0.3) is 0 Å². The van der Waals surface area contributed by atoms with Crippen LogP contribution < -0.4 is 0 Å². The largest absolute Gasteiger partial charge is 0.495 e. The van der Waals surface area contributed by atoms with Gasteiger partial charge in [0, 0.05) is 19.0 Å². The van der Waals surface area contributed by atoms with E-state index < -0.39 is 24.0 Å². The molecule has 12 heteroatoms. The van der Waals surface area contributed by atoms with Crippen molar-refractivity contribution in [2.75, 3.05) is 13.1 Å². The number of hydrogen-bond donors (Lipinski definition) is 1. The molecule has 2 heterocycles. The molecule has 0 amide bonds. The van der Waals surface area contributed by atoms with Crippen LogP contribution in [0.15, 0.2) is 4.52 Å². The van der Waals surface area contributed by atoms with E-state index in [1.165, 1.54) is 32.1 Å². The molecule has 1 aromatic rings. The van der Waals surface area contributed by atoms with Gasteiger partial charge in [0.1, 0.15) is 0 Å². The lowest BCUT2D eigenvalue weighted by Gasteiger charge is -2.28. The zero-order chi connectivity index (χ0) is 24.6. The first-order chi connectivity index (χ1) is 16.2. The number of hydrogen-bond acceptors (Lipinski definition) is 9. The predicted octanol–water partition coefficient (Wildman–Crippen LogP) is 3.81. The monoisotopic (exact) mass is 491 g/mol. The van der Waals surface area contributed by atoms with E-state index in [0.29, 0.717) is 50.6 Å². The predicted molar refractivity (Wildman–Crippen MR) is 111 cm³/mol. The van der Waals surface area contributed by atoms with E-state index in [1.54, 1.807) is 0 Å². The van der Waals surface area contributed by atoms with Crippen LogP contribution in [0.1, 0.15) is 88.3 Å². The zero-order valence-electron chi connectivity index (χ0n) is 19.1. The average Bonchev–Trinajstić information content (AvgIpc) is 3.27. The van der Waals surface area contributed by atoms with Crippen molar-refractivity contribution in [3.8, 4) is 0 Å². The van der Waals surface area contributed by atoms with E-state index >= 15 is 0 Å². The number of carbonyl (C=O) groups excluding carboxylic acids is 2. The van der Waals surface area contributed by atoms with Crippen LogP contribution in [0.3, 0.4) is 0 Å². The Morgan fingerprint density at radius 3 is 2.50 bits per heavy atom. The number of likely N-dealkylation sites (tertiary alicyclic amines) is 1. The molecular weight excluding hydrogens is 459 g/mol. The van der Waals surface area contributed by atoms with E-state index in [2.05, 4.69) is 24.8 Å². The van der Waals surface area contributed by atoms with Crippen molar-refractivity contribution in [1.82, 2.24) is 15.0 Å². The highest BCUT2D eigenvalue weighted by molar-refractivity contribution is 5.77. The molecule has 3 rings (SSSR count). The maximum atomic E-state index is 12.3. The fraction of sp³-hybridized carbons (Fsp3) is 0.818. The quantitative estimate of drug-likeness (QED) is 0.407. The molecule has 1 aliphatic carbocycles. The molecule has 1 atom stereocenters. The van der Waals surface area contributed by atoms with Crippen molar-refractivity contribution in [2.45, 2.75) is 95.4 Å². The number of aliphatic hydroxyl groups is 1. The Bertz CT molecular complexity index is 789. The van der Waals surface area contributed by atoms with Gasteiger partial charge in [0.15, 0.2) is 5.82 Å². The standard InChI is InChI=1S/C22H32F3N3O6/c23-22(24,25)21(31)34-33-19(30)13-16(8-4-7-15-5-2-1-3-6-15)20-26-18(27-32-20)14-28-11-9-17(29)10-12-28/h15-17,29H,1-14H2/t16-/m1/s1. The van der Waals surface area contributed by atoms with Crippen LogP contribution >= 0.6 is 0 Å². The maximum absolute atomic E-state index is 12.3. The van der Waals surface area contributed by atoms with E-state index in [4.69, 9.17) is 4.52 Å². The summed E-state index contributed by atoms with van der Waals surface area (Å²) >= 11 is 0. The van der Waals surface area contributed by atoms with Crippen LogP contribution in [-0.4, -0.2) is 57.5 Å². The van der Waals surface area contributed by atoms with Gasteiger partial charge in [-0.25, -0.2) is 19.4 Å². The minimum absolute atomic E-state index is 0.204. The fourth-order valence-electron chi connectivity index (χ4n) is 4.58. The molecule has 9 nitrogen and oxygen atoms in total. The average molecular weight is 492 g/mol. The molecule has 2 aliphatic rings. The van der Waals surface area contributed by atoms with Gasteiger partial charge in [-0.1, -0.05) is 50.1 Å². The third kappa shape index (κ3) is 8.53. The highest BCUT2D eigenvalue weighted by atomic mass is 19.4. The van der Waals surface area contributed by atoms with E-state index in [0.717, 1.165) is 12.8 Å². The summed E-state index contributed by atoms with van der Waals surface area (Å²) in [6.45, 7) is 1.83. The first-order valence-corrected chi connectivity index (χ1v) is 11.9. The van der Waals surface area contributed by atoms with Crippen molar-refractivity contribution < 1.29 is 42.2 Å². The van der Waals surface area contributed by atoms with Crippen LogP contribution in [-0.2, 0) is 25.9 Å². The van der Waals surface area contributed by atoms with E-state index in [1.807, 2.05) is 0 Å². The van der Waals surface area contributed by atoms with Gasteiger partial charge in [-0.05, 0) is 25.2 Å².